The summed E-state index contributed by atoms with van der Waals surface area (Å²) in [6.07, 6.45) is 0. The Bertz CT molecular complexity index is 1280. The number of aliphatic imine (C=N–C) groups is 2. The average molecular weight is 465 g/mol. The van der Waals surface area contributed by atoms with Crippen molar-refractivity contribution in [2.45, 2.75) is 83.1 Å². The van der Waals surface area contributed by atoms with Gasteiger partial charge in [0.25, 0.3) is 0 Å². The van der Waals surface area contributed by atoms with E-state index in [9.17, 15) is 0 Å². The largest absolute Gasteiger partial charge is 0.250 e. The Balaban J connectivity index is 2.16. The van der Waals surface area contributed by atoms with Crippen LogP contribution in [-0.4, -0.2) is 11.4 Å². The molecule has 3 aromatic carbocycles. The van der Waals surface area contributed by atoms with Gasteiger partial charge < -0.3 is 0 Å². The summed E-state index contributed by atoms with van der Waals surface area (Å²) in [7, 11) is 0. The van der Waals surface area contributed by atoms with Gasteiger partial charge in [0.05, 0.1) is 28.2 Å². The lowest BCUT2D eigenvalue weighted by Gasteiger charge is -2.33. The van der Waals surface area contributed by atoms with E-state index in [0.717, 1.165) is 22.8 Å². The molecule has 1 aliphatic heterocycles. The van der Waals surface area contributed by atoms with Gasteiger partial charge >= 0.3 is 0 Å². The first kappa shape index (κ1) is 25.1. The first-order valence-corrected chi connectivity index (χ1v) is 12.7. The van der Waals surface area contributed by atoms with Gasteiger partial charge in [-0.1, -0.05) is 12.1 Å². The molecule has 35 heavy (non-hydrogen) atoms. The zero-order valence-corrected chi connectivity index (χ0v) is 23.7. The summed E-state index contributed by atoms with van der Waals surface area (Å²) in [5, 5.41) is 0. The maximum atomic E-state index is 5.40. The van der Waals surface area contributed by atoms with E-state index in [1.807, 2.05) is 0 Å². The molecule has 0 aliphatic carbocycles. The van der Waals surface area contributed by atoms with Crippen LogP contribution in [-0.2, 0) is 0 Å². The number of benzene rings is 3. The van der Waals surface area contributed by atoms with E-state index < -0.39 is 5.41 Å². The van der Waals surface area contributed by atoms with Crippen LogP contribution in [0, 0.1) is 74.7 Å². The second-order valence-electron chi connectivity index (χ2n) is 11.0. The molecule has 4 rings (SSSR count). The Morgan fingerprint density at radius 1 is 0.429 bits per heavy atom. The van der Waals surface area contributed by atoms with Crippen molar-refractivity contribution in [1.29, 1.82) is 0 Å². The number of fused-ring (bicyclic) bond motifs is 1. The van der Waals surface area contributed by atoms with E-state index in [1.54, 1.807) is 0 Å². The Morgan fingerprint density at radius 2 is 0.686 bits per heavy atom. The van der Waals surface area contributed by atoms with E-state index in [0.29, 0.717) is 0 Å². The van der Waals surface area contributed by atoms with Gasteiger partial charge in [-0.05, 0) is 151 Å². The first-order valence-electron chi connectivity index (χ1n) is 12.7. The molecule has 1 aliphatic rings. The minimum absolute atomic E-state index is 0.396. The van der Waals surface area contributed by atoms with Crippen molar-refractivity contribution in [3.05, 3.63) is 91.0 Å². The van der Waals surface area contributed by atoms with E-state index in [4.69, 9.17) is 9.98 Å². The Labute approximate surface area is 212 Å². The molecule has 0 aromatic heterocycles. The van der Waals surface area contributed by atoms with Gasteiger partial charge in [-0.3, -0.25) is 0 Å². The Hall–Kier alpha value is -3.00. The van der Waals surface area contributed by atoms with Crippen LogP contribution in [0.5, 0.6) is 0 Å². The van der Waals surface area contributed by atoms with Crippen LogP contribution in [0.2, 0.25) is 0 Å². The molecule has 0 saturated heterocycles. The summed E-state index contributed by atoms with van der Waals surface area (Å²) in [5.41, 5.74) is 19.7. The van der Waals surface area contributed by atoms with Crippen LogP contribution < -0.4 is 0 Å². The third-order valence-electron chi connectivity index (χ3n) is 9.00. The molecule has 0 spiro atoms. The third kappa shape index (κ3) is 3.69. The average Bonchev–Trinajstić information content (AvgIpc) is 2.94. The van der Waals surface area contributed by atoms with Crippen molar-refractivity contribution < 1.29 is 0 Å². The summed E-state index contributed by atoms with van der Waals surface area (Å²) in [6, 6.07) is 8.33. The van der Waals surface area contributed by atoms with E-state index in [1.165, 1.54) is 66.8 Å². The minimum Gasteiger partial charge on any atom is -0.250 e. The molecule has 0 N–H and O–H groups in total. The summed E-state index contributed by atoms with van der Waals surface area (Å²) < 4.78 is 0. The smallest absolute Gasteiger partial charge is 0.0890 e. The lowest BCUT2D eigenvalue weighted by molar-refractivity contribution is 0.728. The van der Waals surface area contributed by atoms with Crippen molar-refractivity contribution in [3.63, 3.8) is 0 Å². The van der Waals surface area contributed by atoms with Crippen LogP contribution in [0.3, 0.4) is 0 Å². The maximum Gasteiger partial charge on any atom is 0.0890 e. The molecule has 2 nitrogen and oxygen atoms in total. The molecule has 2 heteroatoms. The molecule has 0 unspecified atom stereocenters. The molecule has 3 aromatic rings. The second kappa shape index (κ2) is 8.59. The van der Waals surface area contributed by atoms with Gasteiger partial charge in [0.15, 0.2) is 0 Å². The Morgan fingerprint density at radius 3 is 0.971 bits per heavy atom. The highest BCUT2D eigenvalue weighted by atomic mass is 14.9. The van der Waals surface area contributed by atoms with Crippen molar-refractivity contribution in [2.75, 3.05) is 0 Å². The molecule has 0 atom stereocenters. The summed E-state index contributed by atoms with van der Waals surface area (Å²) >= 11 is 0. The molecule has 182 valence electrons. The fourth-order valence-corrected chi connectivity index (χ4v) is 5.73. The summed E-state index contributed by atoms with van der Waals surface area (Å²) in [5.74, 6) is 0. The molecule has 0 bridgehead atoms. The number of hydrogen-bond acceptors (Lipinski definition) is 2. The molecule has 1 heterocycles. The molecule has 0 amide bonds. The number of nitrogens with zero attached hydrogens (tertiary/aromatic N) is 2. The third-order valence-corrected chi connectivity index (χ3v) is 9.00. The van der Waals surface area contributed by atoms with Crippen LogP contribution in [0.4, 0.5) is 11.4 Å². The number of rotatable bonds is 2. The lowest BCUT2D eigenvalue weighted by atomic mass is 9.71. The fraction of sp³-hybridized carbons (Fsp3) is 0.394. The van der Waals surface area contributed by atoms with E-state index >= 15 is 0 Å². The predicted octanol–water partition coefficient (Wildman–Crippen LogP) is 9.05. The van der Waals surface area contributed by atoms with Crippen LogP contribution >= 0.6 is 0 Å². The first-order chi connectivity index (χ1) is 16.3. The predicted molar refractivity (Wildman–Crippen MR) is 153 cm³/mol. The molecular weight excluding hydrogens is 424 g/mol. The van der Waals surface area contributed by atoms with Crippen molar-refractivity contribution in [3.8, 4) is 0 Å². The molecular formula is C33H40N2. The van der Waals surface area contributed by atoms with Gasteiger partial charge in [0.2, 0.25) is 0 Å². The van der Waals surface area contributed by atoms with Crippen molar-refractivity contribution >= 4 is 22.8 Å². The standard InChI is InChI=1S/C33H40N2/c1-17-19(3)23(7)29(24(8)20(17)4)31-33(11,12)32(35-28-16-14-13-15-27(28)34-31)30-25(9)21(5)18(2)22(6)26(30)10/h13-16H,1-12H3. The minimum atomic E-state index is -0.396. The SMILES string of the molecule is Cc1c(C)c(C)c(C2=Nc3ccccc3N=C(c3c(C)c(C)c(C)c(C)c3C)C2(C)C)c(C)c1C. The van der Waals surface area contributed by atoms with E-state index in [-0.39, 0.29) is 0 Å². The van der Waals surface area contributed by atoms with Gasteiger partial charge in [0.1, 0.15) is 0 Å². The lowest BCUT2D eigenvalue weighted by Crippen LogP contribution is -2.37. The number of para-hydroxylation sites is 2. The Kier molecular flexibility index (Phi) is 6.16. The second-order valence-corrected chi connectivity index (χ2v) is 11.0. The monoisotopic (exact) mass is 464 g/mol. The highest BCUT2D eigenvalue weighted by Gasteiger charge is 2.39. The highest BCUT2D eigenvalue weighted by Crippen LogP contribution is 2.43. The van der Waals surface area contributed by atoms with Crippen molar-refractivity contribution in [1.82, 2.24) is 0 Å². The van der Waals surface area contributed by atoms with E-state index in [2.05, 4.69) is 107 Å². The van der Waals surface area contributed by atoms with Crippen LogP contribution in [0.25, 0.3) is 0 Å². The zero-order chi connectivity index (χ0) is 26.0. The van der Waals surface area contributed by atoms with Crippen LogP contribution in [0.15, 0.2) is 34.3 Å². The van der Waals surface area contributed by atoms with Gasteiger partial charge in [0, 0.05) is 11.1 Å². The molecule has 0 saturated carbocycles. The van der Waals surface area contributed by atoms with Gasteiger partial charge in [-0.25, -0.2) is 9.98 Å². The highest BCUT2D eigenvalue weighted by molar-refractivity contribution is 6.27. The molecule has 0 radical (unpaired) electrons. The normalized spacial score (nSPS) is 14.9. The van der Waals surface area contributed by atoms with Crippen molar-refractivity contribution in [2.24, 2.45) is 15.4 Å². The summed E-state index contributed by atoms with van der Waals surface area (Å²) in [6.45, 7) is 27.1. The quantitative estimate of drug-likeness (QED) is 0.361. The van der Waals surface area contributed by atoms with Gasteiger partial charge in [-0.15, -0.1) is 0 Å². The topological polar surface area (TPSA) is 24.7 Å². The fourth-order valence-electron chi connectivity index (χ4n) is 5.73. The maximum absolute atomic E-state index is 5.40. The van der Waals surface area contributed by atoms with Gasteiger partial charge in [-0.2, -0.15) is 0 Å². The zero-order valence-electron chi connectivity index (χ0n) is 23.7. The molecule has 0 fully saturated rings. The summed E-state index contributed by atoms with van der Waals surface area (Å²) in [4.78, 5) is 10.8. The number of hydrogen-bond donors (Lipinski definition) is 0. The van der Waals surface area contributed by atoms with Crippen LogP contribution in [0.1, 0.15) is 80.6 Å².